The summed E-state index contributed by atoms with van der Waals surface area (Å²) in [7, 11) is 0. The molecule has 0 spiro atoms. The lowest BCUT2D eigenvalue weighted by Gasteiger charge is -2.36. The standard InChI is InChI=1S/C14H12Cl2N2OS/c15-12-8(1-2-11(19)18-6-10(17)7-18)5-9-3-4-20-14(9)13(12)16/h1-5,10H,6-7,17H2/b2-1+. The fourth-order valence-corrected chi connectivity index (χ4v) is 3.59. The molecule has 6 heteroatoms. The monoisotopic (exact) mass is 326 g/mol. The molecule has 0 radical (unpaired) electrons. The van der Waals surface area contributed by atoms with E-state index in [1.807, 2.05) is 17.5 Å². The quantitative estimate of drug-likeness (QED) is 0.860. The van der Waals surface area contributed by atoms with Crippen molar-refractivity contribution in [3.63, 3.8) is 0 Å². The lowest BCUT2D eigenvalue weighted by molar-refractivity contribution is -0.130. The van der Waals surface area contributed by atoms with Crippen LogP contribution < -0.4 is 5.73 Å². The largest absolute Gasteiger partial charge is 0.336 e. The van der Waals surface area contributed by atoms with Gasteiger partial charge >= 0.3 is 0 Å². The number of nitrogens with zero attached hydrogens (tertiary/aromatic N) is 1. The molecule has 0 unspecified atom stereocenters. The SMILES string of the molecule is NC1CN(C(=O)/C=C/c2cc3ccsc3c(Cl)c2Cl)C1. The molecule has 2 aromatic rings. The summed E-state index contributed by atoms with van der Waals surface area (Å²) >= 11 is 14.0. The highest BCUT2D eigenvalue weighted by atomic mass is 35.5. The number of carbonyl (C=O) groups is 1. The lowest BCUT2D eigenvalue weighted by atomic mass is 10.1. The molecule has 20 heavy (non-hydrogen) atoms. The first kappa shape index (κ1) is 13.9. The number of rotatable bonds is 2. The van der Waals surface area contributed by atoms with Crippen LogP contribution in [0.4, 0.5) is 0 Å². The van der Waals surface area contributed by atoms with Gasteiger partial charge in [0.1, 0.15) is 0 Å². The zero-order valence-corrected chi connectivity index (χ0v) is 12.8. The molecule has 1 fully saturated rings. The maximum Gasteiger partial charge on any atom is 0.246 e. The van der Waals surface area contributed by atoms with E-state index in [0.29, 0.717) is 23.1 Å². The molecular formula is C14H12Cl2N2OS. The van der Waals surface area contributed by atoms with E-state index < -0.39 is 0 Å². The van der Waals surface area contributed by atoms with Crippen LogP contribution in [0.1, 0.15) is 5.56 Å². The van der Waals surface area contributed by atoms with Crippen molar-refractivity contribution in [2.24, 2.45) is 5.73 Å². The Balaban J connectivity index is 1.87. The first-order valence-electron chi connectivity index (χ1n) is 6.14. The van der Waals surface area contributed by atoms with Crippen molar-refractivity contribution in [2.45, 2.75) is 6.04 Å². The summed E-state index contributed by atoms with van der Waals surface area (Å²) in [5.41, 5.74) is 6.40. The van der Waals surface area contributed by atoms with Crippen molar-refractivity contribution in [2.75, 3.05) is 13.1 Å². The van der Waals surface area contributed by atoms with Crippen molar-refractivity contribution < 1.29 is 4.79 Å². The predicted octanol–water partition coefficient (Wildman–Crippen LogP) is 3.39. The van der Waals surface area contributed by atoms with Gasteiger partial charge in [0.15, 0.2) is 0 Å². The summed E-state index contributed by atoms with van der Waals surface area (Å²) in [6, 6.07) is 4.02. The van der Waals surface area contributed by atoms with Crippen molar-refractivity contribution in [3.05, 3.63) is 39.2 Å². The Morgan fingerprint density at radius 1 is 1.40 bits per heavy atom. The van der Waals surface area contributed by atoms with E-state index >= 15 is 0 Å². The third kappa shape index (κ3) is 2.44. The maximum absolute atomic E-state index is 11.9. The Bertz CT molecular complexity index is 705. The third-order valence-corrected chi connectivity index (χ3v) is 5.22. The van der Waals surface area contributed by atoms with Gasteiger partial charge in [-0.3, -0.25) is 4.79 Å². The van der Waals surface area contributed by atoms with Gasteiger partial charge in [-0.1, -0.05) is 23.2 Å². The Kier molecular flexibility index (Phi) is 3.73. The number of carbonyl (C=O) groups excluding carboxylic acids is 1. The number of hydrogen-bond donors (Lipinski definition) is 1. The third-order valence-electron chi connectivity index (χ3n) is 3.28. The number of halogens is 2. The van der Waals surface area contributed by atoms with Crippen LogP contribution in [0.5, 0.6) is 0 Å². The summed E-state index contributed by atoms with van der Waals surface area (Å²) in [5, 5.41) is 4.01. The molecule has 1 aliphatic rings. The van der Waals surface area contributed by atoms with Gasteiger partial charge in [-0.15, -0.1) is 11.3 Å². The Labute approximate surface area is 130 Å². The summed E-state index contributed by atoms with van der Waals surface area (Å²) in [4.78, 5) is 13.6. The Morgan fingerprint density at radius 3 is 2.85 bits per heavy atom. The predicted molar refractivity (Wildman–Crippen MR) is 85.4 cm³/mol. The average Bonchev–Trinajstić information content (AvgIpc) is 2.85. The van der Waals surface area contributed by atoms with Gasteiger partial charge in [0, 0.05) is 25.2 Å². The number of amides is 1. The lowest BCUT2D eigenvalue weighted by Crippen LogP contribution is -2.57. The molecule has 3 rings (SSSR count). The molecule has 0 bridgehead atoms. The van der Waals surface area contributed by atoms with Crippen LogP contribution in [0.25, 0.3) is 16.2 Å². The van der Waals surface area contributed by atoms with Crippen LogP contribution in [0.15, 0.2) is 23.6 Å². The molecule has 0 saturated carbocycles. The summed E-state index contributed by atoms with van der Waals surface area (Å²) in [6.07, 6.45) is 3.22. The molecule has 2 N–H and O–H groups in total. The Hall–Kier alpha value is -1.07. The molecule has 3 nitrogen and oxygen atoms in total. The van der Waals surface area contributed by atoms with E-state index in [1.165, 1.54) is 6.08 Å². The second-order valence-corrected chi connectivity index (χ2v) is 6.44. The van der Waals surface area contributed by atoms with Crippen molar-refractivity contribution in [1.29, 1.82) is 0 Å². The van der Waals surface area contributed by atoms with Gasteiger partial charge in [0.25, 0.3) is 0 Å². The molecule has 0 aliphatic carbocycles. The van der Waals surface area contributed by atoms with Gasteiger partial charge in [-0.05, 0) is 34.5 Å². The highest BCUT2D eigenvalue weighted by Gasteiger charge is 2.25. The minimum Gasteiger partial charge on any atom is -0.336 e. The molecule has 0 atom stereocenters. The minimum absolute atomic E-state index is 0.0516. The highest BCUT2D eigenvalue weighted by molar-refractivity contribution is 7.18. The van der Waals surface area contributed by atoms with Gasteiger partial charge in [-0.2, -0.15) is 0 Å². The topological polar surface area (TPSA) is 46.3 Å². The molecular weight excluding hydrogens is 315 g/mol. The van der Waals surface area contributed by atoms with E-state index in [1.54, 1.807) is 22.3 Å². The summed E-state index contributed by atoms with van der Waals surface area (Å²) in [6.45, 7) is 1.22. The zero-order valence-electron chi connectivity index (χ0n) is 10.5. The molecule has 1 amide bonds. The van der Waals surface area contributed by atoms with Gasteiger partial charge < -0.3 is 10.6 Å². The van der Waals surface area contributed by atoms with E-state index in [-0.39, 0.29) is 11.9 Å². The molecule has 2 heterocycles. The van der Waals surface area contributed by atoms with Crippen LogP contribution in [0, 0.1) is 0 Å². The van der Waals surface area contributed by atoms with E-state index in [0.717, 1.165) is 15.6 Å². The van der Waals surface area contributed by atoms with E-state index in [2.05, 4.69) is 0 Å². The number of hydrogen-bond acceptors (Lipinski definition) is 3. The minimum atomic E-state index is -0.0516. The first-order valence-corrected chi connectivity index (χ1v) is 7.77. The van der Waals surface area contributed by atoms with Crippen LogP contribution in [-0.2, 0) is 4.79 Å². The Morgan fingerprint density at radius 2 is 2.15 bits per heavy atom. The fraction of sp³-hybridized carbons (Fsp3) is 0.214. The molecule has 104 valence electrons. The van der Waals surface area contributed by atoms with Crippen molar-refractivity contribution in [3.8, 4) is 0 Å². The normalized spacial score (nSPS) is 16.1. The second kappa shape index (κ2) is 5.37. The van der Waals surface area contributed by atoms with Gasteiger partial charge in [-0.25, -0.2) is 0 Å². The highest BCUT2D eigenvalue weighted by Crippen LogP contribution is 2.37. The van der Waals surface area contributed by atoms with Crippen LogP contribution in [-0.4, -0.2) is 29.9 Å². The maximum atomic E-state index is 11.9. The molecule has 1 saturated heterocycles. The van der Waals surface area contributed by atoms with Gasteiger partial charge in [0.2, 0.25) is 5.91 Å². The number of fused-ring (bicyclic) bond motifs is 1. The summed E-state index contributed by atoms with van der Waals surface area (Å²) < 4.78 is 0.967. The number of thiophene rings is 1. The number of likely N-dealkylation sites (tertiary alicyclic amines) is 1. The zero-order chi connectivity index (χ0) is 14.3. The van der Waals surface area contributed by atoms with Gasteiger partial charge in [0.05, 0.1) is 14.7 Å². The van der Waals surface area contributed by atoms with Crippen LogP contribution in [0.3, 0.4) is 0 Å². The van der Waals surface area contributed by atoms with Crippen molar-refractivity contribution >= 4 is 56.6 Å². The molecule has 1 aromatic carbocycles. The molecule has 1 aliphatic heterocycles. The number of nitrogens with two attached hydrogens (primary N) is 1. The van der Waals surface area contributed by atoms with Crippen LogP contribution in [0.2, 0.25) is 10.0 Å². The average molecular weight is 327 g/mol. The van der Waals surface area contributed by atoms with E-state index in [4.69, 9.17) is 28.9 Å². The fourth-order valence-electron chi connectivity index (χ4n) is 2.15. The summed E-state index contributed by atoms with van der Waals surface area (Å²) in [5.74, 6) is -0.0516. The molecule has 1 aromatic heterocycles. The number of benzene rings is 1. The smallest absolute Gasteiger partial charge is 0.246 e. The second-order valence-electron chi connectivity index (χ2n) is 4.77. The van der Waals surface area contributed by atoms with E-state index in [9.17, 15) is 4.79 Å². The van der Waals surface area contributed by atoms with Crippen LogP contribution >= 0.6 is 34.5 Å². The van der Waals surface area contributed by atoms with Crippen molar-refractivity contribution in [1.82, 2.24) is 4.90 Å². The first-order chi connectivity index (χ1) is 9.56.